The van der Waals surface area contributed by atoms with Crippen molar-refractivity contribution in [2.45, 2.75) is 62.1 Å². The lowest BCUT2D eigenvalue weighted by atomic mass is 10.1. The number of carbonyl (C=O) groups is 4. The van der Waals surface area contributed by atoms with Crippen LogP contribution in [0.4, 0.5) is 0 Å². The van der Waals surface area contributed by atoms with Crippen molar-refractivity contribution < 1.29 is 38.1 Å². The van der Waals surface area contributed by atoms with E-state index in [-0.39, 0.29) is 36.5 Å². The molecule has 16 heteroatoms. The second kappa shape index (κ2) is 22.2. The second-order valence-electron chi connectivity index (χ2n) is 14.3. The summed E-state index contributed by atoms with van der Waals surface area (Å²) in [5.41, 5.74) is 8.85. The quantitative estimate of drug-likeness (QED) is 0.0691. The van der Waals surface area contributed by atoms with E-state index >= 15 is 0 Å². The van der Waals surface area contributed by atoms with Gasteiger partial charge in [-0.15, -0.1) is 0 Å². The molecule has 62 heavy (non-hydrogen) atoms. The SMILES string of the molecule is COc1ccc(C=C2SC(c3ccc(Cl)cc3)N(NC(=O)CCCCCCCCC(=O)NN3C(=O)C(=Cc4ccc(OC)c(OC)c4)SC3c3ccc(Cl)cc3)C2=O)cc1OC. The van der Waals surface area contributed by atoms with E-state index in [9.17, 15) is 19.2 Å². The topological polar surface area (TPSA) is 136 Å². The molecule has 12 nitrogen and oxygen atoms in total. The van der Waals surface area contributed by atoms with E-state index in [4.69, 9.17) is 42.1 Å². The van der Waals surface area contributed by atoms with Gasteiger partial charge >= 0.3 is 0 Å². The Balaban J connectivity index is 0.967. The molecule has 2 aliphatic rings. The molecule has 0 aliphatic carbocycles. The number of unbranched alkanes of at least 4 members (excludes halogenated alkanes) is 5. The highest BCUT2D eigenvalue weighted by Crippen LogP contribution is 2.47. The highest BCUT2D eigenvalue weighted by Gasteiger charge is 2.40. The minimum atomic E-state index is -0.486. The number of benzene rings is 4. The third kappa shape index (κ3) is 11.8. The van der Waals surface area contributed by atoms with Gasteiger partial charge in [-0.05, 0) is 95.8 Å². The van der Waals surface area contributed by atoms with Crippen LogP contribution in [0.15, 0.2) is 94.7 Å². The van der Waals surface area contributed by atoms with Gasteiger partial charge in [0.15, 0.2) is 23.0 Å². The summed E-state index contributed by atoms with van der Waals surface area (Å²) in [4.78, 5) is 54.7. The molecule has 2 saturated heterocycles. The highest BCUT2D eigenvalue weighted by atomic mass is 35.5. The van der Waals surface area contributed by atoms with E-state index in [1.54, 1.807) is 89.1 Å². The van der Waals surface area contributed by atoms with Crippen molar-refractivity contribution in [2.24, 2.45) is 0 Å². The third-order valence-electron chi connectivity index (χ3n) is 10.1. The molecule has 0 radical (unpaired) electrons. The normalized spacial score (nSPS) is 17.5. The Morgan fingerprint density at radius 1 is 0.548 bits per heavy atom. The van der Waals surface area contributed by atoms with Gasteiger partial charge in [-0.25, -0.2) is 10.0 Å². The van der Waals surface area contributed by atoms with Crippen LogP contribution in [0.1, 0.15) is 84.4 Å². The Labute approximate surface area is 380 Å². The Morgan fingerprint density at radius 2 is 0.903 bits per heavy atom. The summed E-state index contributed by atoms with van der Waals surface area (Å²) < 4.78 is 21.6. The zero-order chi connectivity index (χ0) is 44.2. The van der Waals surface area contributed by atoms with Gasteiger partial charge in [0.2, 0.25) is 11.8 Å². The summed E-state index contributed by atoms with van der Waals surface area (Å²) in [7, 11) is 6.22. The number of nitrogens with zero attached hydrogens (tertiary/aromatic N) is 2. The smallest absolute Gasteiger partial charge is 0.280 e. The van der Waals surface area contributed by atoms with Crippen LogP contribution < -0.4 is 29.8 Å². The first-order chi connectivity index (χ1) is 30.0. The monoisotopic (exact) mass is 918 g/mol. The number of carbonyl (C=O) groups excluding carboxylic acids is 4. The van der Waals surface area contributed by atoms with Crippen LogP contribution in [0.5, 0.6) is 23.0 Å². The van der Waals surface area contributed by atoms with E-state index in [0.29, 0.717) is 55.7 Å². The third-order valence-corrected chi connectivity index (χ3v) is 13.1. The number of halogens is 2. The summed E-state index contributed by atoms with van der Waals surface area (Å²) >= 11 is 15.0. The zero-order valence-electron chi connectivity index (χ0n) is 34.8. The van der Waals surface area contributed by atoms with Crippen molar-refractivity contribution in [3.05, 3.63) is 127 Å². The number of methoxy groups -OCH3 is 4. The van der Waals surface area contributed by atoms with Gasteiger partial charge in [-0.3, -0.25) is 30.0 Å². The minimum absolute atomic E-state index is 0.248. The first-order valence-electron chi connectivity index (χ1n) is 20.0. The lowest BCUT2D eigenvalue weighted by Crippen LogP contribution is -2.44. The molecule has 2 heterocycles. The number of hydrogen-bond acceptors (Lipinski definition) is 10. The molecular weight excluding hydrogens is 872 g/mol. The molecule has 2 atom stereocenters. The summed E-state index contributed by atoms with van der Waals surface area (Å²) in [6.07, 6.45) is 8.70. The van der Waals surface area contributed by atoms with Gasteiger partial charge in [-0.1, -0.05) is 109 Å². The number of rotatable bonds is 19. The lowest BCUT2D eigenvalue weighted by molar-refractivity contribution is -0.138. The van der Waals surface area contributed by atoms with Gasteiger partial charge < -0.3 is 18.9 Å². The number of amides is 4. The molecule has 4 amide bonds. The van der Waals surface area contributed by atoms with Gasteiger partial charge in [0, 0.05) is 22.9 Å². The van der Waals surface area contributed by atoms with Crippen molar-refractivity contribution in [1.29, 1.82) is 0 Å². The molecule has 4 aromatic rings. The largest absolute Gasteiger partial charge is 0.493 e. The molecule has 2 unspecified atom stereocenters. The van der Waals surface area contributed by atoms with Crippen LogP contribution >= 0.6 is 46.7 Å². The maximum atomic E-state index is 13.7. The van der Waals surface area contributed by atoms with E-state index in [0.717, 1.165) is 47.9 Å². The van der Waals surface area contributed by atoms with Crippen molar-refractivity contribution in [3.63, 3.8) is 0 Å². The molecule has 2 fully saturated rings. The van der Waals surface area contributed by atoms with E-state index in [2.05, 4.69) is 10.9 Å². The maximum Gasteiger partial charge on any atom is 0.280 e. The van der Waals surface area contributed by atoms with Crippen LogP contribution in [0.3, 0.4) is 0 Å². The summed E-state index contributed by atoms with van der Waals surface area (Å²) in [6, 6.07) is 25.2. The summed E-state index contributed by atoms with van der Waals surface area (Å²) in [5, 5.41) is 2.94. The highest BCUT2D eigenvalue weighted by molar-refractivity contribution is 8.05. The summed E-state index contributed by atoms with van der Waals surface area (Å²) in [6.45, 7) is 0. The molecule has 2 N–H and O–H groups in total. The van der Waals surface area contributed by atoms with Crippen LogP contribution in [0.2, 0.25) is 10.0 Å². The maximum absolute atomic E-state index is 13.7. The average molecular weight is 920 g/mol. The van der Waals surface area contributed by atoms with Gasteiger partial charge in [-0.2, -0.15) is 0 Å². The number of hydrogen-bond donors (Lipinski definition) is 2. The fourth-order valence-electron chi connectivity index (χ4n) is 6.84. The fraction of sp³-hybridized carbons (Fsp3) is 0.304. The first-order valence-corrected chi connectivity index (χ1v) is 22.5. The van der Waals surface area contributed by atoms with Crippen LogP contribution in [0, 0.1) is 0 Å². The molecular formula is C46H48Cl2N4O8S2. The van der Waals surface area contributed by atoms with Crippen molar-refractivity contribution in [2.75, 3.05) is 28.4 Å². The van der Waals surface area contributed by atoms with Crippen LogP contribution in [-0.4, -0.2) is 62.1 Å². The van der Waals surface area contributed by atoms with Gasteiger partial charge in [0.1, 0.15) is 10.7 Å². The summed E-state index contributed by atoms with van der Waals surface area (Å²) in [5.74, 6) is 1.09. The number of ether oxygens (including phenoxy) is 4. The predicted octanol–water partition coefficient (Wildman–Crippen LogP) is 10.1. The number of nitrogens with one attached hydrogen (secondary N) is 2. The lowest BCUT2D eigenvalue weighted by Gasteiger charge is -2.24. The average Bonchev–Trinajstić information content (AvgIpc) is 3.74. The Kier molecular flexibility index (Phi) is 16.5. The predicted molar refractivity (Wildman–Crippen MR) is 246 cm³/mol. The molecule has 4 aromatic carbocycles. The van der Waals surface area contributed by atoms with Gasteiger partial charge in [0.05, 0.1) is 38.2 Å². The molecule has 0 bridgehead atoms. The van der Waals surface area contributed by atoms with E-state index < -0.39 is 10.7 Å². The van der Waals surface area contributed by atoms with Gasteiger partial charge in [0.25, 0.3) is 11.8 Å². The van der Waals surface area contributed by atoms with Crippen molar-refractivity contribution in [1.82, 2.24) is 20.9 Å². The van der Waals surface area contributed by atoms with E-state index in [1.165, 1.54) is 33.5 Å². The molecule has 0 aromatic heterocycles. The Bertz CT molecular complexity index is 2150. The number of thioether (sulfide) groups is 2. The first kappa shape index (κ1) is 46.2. The number of hydrazine groups is 2. The molecule has 2 aliphatic heterocycles. The van der Waals surface area contributed by atoms with Crippen molar-refractivity contribution in [3.8, 4) is 23.0 Å². The van der Waals surface area contributed by atoms with Crippen LogP contribution in [0.25, 0.3) is 12.2 Å². The standard InChI is InChI=1S/C46H48Cl2N4O8S2/c1-57-35-23-13-29(25-37(35)59-3)27-39-43(55)51(45(61-39)31-15-19-33(47)20-16-31)49-41(53)11-9-7-5-6-8-10-12-42(54)50-52-44(56)40(62-46(52)32-17-21-34(48)22-18-32)28-30-14-24-36(58-2)38(26-30)60-4/h13-28,45-46H,5-12H2,1-4H3,(H,49,53)(H,50,54). The van der Waals surface area contributed by atoms with Crippen LogP contribution in [-0.2, 0) is 19.2 Å². The minimum Gasteiger partial charge on any atom is -0.493 e. The Morgan fingerprint density at radius 3 is 1.26 bits per heavy atom. The zero-order valence-corrected chi connectivity index (χ0v) is 37.9. The Hall–Kier alpha value is -5.28. The van der Waals surface area contributed by atoms with Crippen molar-refractivity contribution >= 4 is 82.5 Å². The van der Waals surface area contributed by atoms with E-state index in [1.807, 2.05) is 36.4 Å². The molecule has 326 valence electrons. The fourth-order valence-corrected chi connectivity index (χ4v) is 9.48. The second-order valence-corrected chi connectivity index (χ2v) is 17.4. The molecule has 6 rings (SSSR count). The molecule has 0 spiro atoms. The molecule has 0 saturated carbocycles.